The van der Waals surface area contributed by atoms with Crippen molar-refractivity contribution in [2.24, 2.45) is 52.3 Å². The van der Waals surface area contributed by atoms with E-state index in [0.29, 0.717) is 16.7 Å². The Hall–Kier alpha value is -0.370. The first-order chi connectivity index (χ1) is 12.3. The van der Waals surface area contributed by atoms with Crippen molar-refractivity contribution in [1.29, 1.82) is 0 Å². The van der Waals surface area contributed by atoms with E-state index in [0.717, 1.165) is 42.4 Å². The lowest BCUT2D eigenvalue weighted by Crippen LogP contribution is -2.56. The Bertz CT molecular complexity index is 544. The molecule has 0 aromatic carbocycles. The topological polar surface area (TPSA) is 37.3 Å². The van der Waals surface area contributed by atoms with Gasteiger partial charge in [-0.05, 0) is 97.7 Å². The first-order valence-corrected chi connectivity index (χ1v) is 11.5. The number of fused-ring (bicyclic) bond motifs is 5. The second-order valence-corrected chi connectivity index (χ2v) is 11.0. The molecule has 3 unspecified atom stereocenters. The highest BCUT2D eigenvalue weighted by molar-refractivity contribution is 5.53. The largest absolute Gasteiger partial charge is 0.393 e. The predicted molar refractivity (Wildman–Crippen MR) is 106 cm³/mol. The van der Waals surface area contributed by atoms with Crippen LogP contribution in [0.2, 0.25) is 0 Å². The maximum absolute atomic E-state index is 11.5. The molecule has 4 aliphatic rings. The molecule has 0 aromatic heterocycles. The van der Waals surface area contributed by atoms with Crippen molar-refractivity contribution >= 4 is 6.29 Å². The van der Waals surface area contributed by atoms with Crippen molar-refractivity contribution in [3.63, 3.8) is 0 Å². The van der Waals surface area contributed by atoms with Crippen LogP contribution in [-0.4, -0.2) is 17.5 Å². The predicted octanol–water partition coefficient (Wildman–Crippen LogP) is 5.48. The minimum Gasteiger partial charge on any atom is -0.393 e. The molecule has 2 heteroatoms. The van der Waals surface area contributed by atoms with Crippen molar-refractivity contribution < 1.29 is 9.90 Å². The number of hydrogen-bond acceptors (Lipinski definition) is 2. The normalized spacial score (nSPS) is 54.7. The van der Waals surface area contributed by atoms with Gasteiger partial charge in [0.2, 0.25) is 0 Å². The van der Waals surface area contributed by atoms with E-state index >= 15 is 0 Å². The average molecular weight is 361 g/mol. The third-order valence-electron chi connectivity index (χ3n) is 10.3. The van der Waals surface area contributed by atoms with Gasteiger partial charge in [0.1, 0.15) is 6.29 Å². The zero-order valence-electron chi connectivity index (χ0n) is 17.4. The Kier molecular flexibility index (Phi) is 4.82. The summed E-state index contributed by atoms with van der Waals surface area (Å²) in [4.78, 5) is 11.5. The highest BCUT2D eigenvalue weighted by atomic mass is 16.3. The van der Waals surface area contributed by atoms with Gasteiger partial charge in [-0.1, -0.05) is 34.1 Å². The molecular formula is C24H40O2. The number of rotatable bonds is 3. The summed E-state index contributed by atoms with van der Waals surface area (Å²) in [6.45, 7) is 9.66. The molecule has 0 amide bonds. The van der Waals surface area contributed by atoms with Crippen molar-refractivity contribution in [2.45, 2.75) is 91.6 Å². The highest BCUT2D eigenvalue weighted by Crippen LogP contribution is 2.69. The van der Waals surface area contributed by atoms with Crippen LogP contribution in [-0.2, 0) is 4.79 Å². The van der Waals surface area contributed by atoms with Crippen molar-refractivity contribution in [3.05, 3.63) is 0 Å². The summed E-state index contributed by atoms with van der Waals surface area (Å²) < 4.78 is 0. The zero-order chi connectivity index (χ0) is 18.7. The van der Waals surface area contributed by atoms with Crippen molar-refractivity contribution in [2.75, 3.05) is 0 Å². The van der Waals surface area contributed by atoms with Crippen molar-refractivity contribution in [3.8, 4) is 0 Å². The number of hydrogen-bond donors (Lipinski definition) is 1. The van der Waals surface area contributed by atoms with E-state index in [1.807, 2.05) is 0 Å². The first kappa shape index (κ1) is 19.0. The van der Waals surface area contributed by atoms with E-state index in [1.54, 1.807) is 0 Å². The standard InChI is InChI=1S/C24H40O2/c1-5-16-12-18-20-7-6-19(15(2)14-25)23(20,3)11-9-21(18)24(4)10-8-17(26)13-22(16)24/h14-22,26H,5-13H2,1-4H3/t15-,16+,17-,18?,19-,20?,21?,22+,23-,24-/m1/s1. The molecule has 0 bridgehead atoms. The fraction of sp³-hybridized carbons (Fsp3) is 0.958. The van der Waals surface area contributed by atoms with E-state index < -0.39 is 0 Å². The summed E-state index contributed by atoms with van der Waals surface area (Å²) >= 11 is 0. The molecule has 1 N–H and O–H groups in total. The van der Waals surface area contributed by atoms with Gasteiger partial charge >= 0.3 is 0 Å². The van der Waals surface area contributed by atoms with E-state index in [4.69, 9.17) is 0 Å². The molecule has 0 heterocycles. The molecule has 0 radical (unpaired) electrons. The summed E-state index contributed by atoms with van der Waals surface area (Å²) in [5.41, 5.74) is 0.829. The van der Waals surface area contributed by atoms with Gasteiger partial charge in [-0.15, -0.1) is 0 Å². The molecule has 4 fully saturated rings. The van der Waals surface area contributed by atoms with Gasteiger partial charge in [0.15, 0.2) is 0 Å². The van der Waals surface area contributed by atoms with Crippen LogP contribution in [0.1, 0.15) is 85.5 Å². The minimum atomic E-state index is -0.0585. The number of aldehydes is 1. The van der Waals surface area contributed by atoms with Crippen LogP contribution >= 0.6 is 0 Å². The molecule has 4 rings (SSSR count). The lowest BCUT2D eigenvalue weighted by Gasteiger charge is -2.63. The molecule has 4 aliphatic carbocycles. The molecule has 148 valence electrons. The molecule has 4 saturated carbocycles. The highest BCUT2D eigenvalue weighted by Gasteiger charge is 2.62. The molecule has 0 saturated heterocycles. The zero-order valence-corrected chi connectivity index (χ0v) is 17.4. The Morgan fingerprint density at radius 1 is 1.00 bits per heavy atom. The van der Waals surface area contributed by atoms with E-state index in [2.05, 4.69) is 27.7 Å². The number of carbonyl (C=O) groups excluding carboxylic acids is 1. The molecule has 26 heavy (non-hydrogen) atoms. The smallest absolute Gasteiger partial charge is 0.123 e. The van der Waals surface area contributed by atoms with Crippen LogP contribution in [0.5, 0.6) is 0 Å². The SMILES string of the molecule is CC[C@H]1CC2C3CC[C@H]([C@H](C)C=O)[C@@]3(C)CCC2[C@@]2(C)CC[C@@H](O)C[C@@H]12. The average Bonchev–Trinajstić information content (AvgIpc) is 2.98. The van der Waals surface area contributed by atoms with E-state index in [-0.39, 0.29) is 12.0 Å². The van der Waals surface area contributed by atoms with Crippen LogP contribution in [0, 0.1) is 52.3 Å². The summed E-state index contributed by atoms with van der Waals surface area (Å²) in [6, 6.07) is 0. The fourth-order valence-electron chi connectivity index (χ4n) is 8.93. The summed E-state index contributed by atoms with van der Waals surface area (Å²) in [5, 5.41) is 10.4. The van der Waals surface area contributed by atoms with Gasteiger partial charge in [-0.25, -0.2) is 0 Å². The monoisotopic (exact) mass is 360 g/mol. The lowest BCUT2D eigenvalue weighted by molar-refractivity contribution is -0.153. The Labute approximate surface area is 160 Å². The quantitative estimate of drug-likeness (QED) is 0.677. The molecule has 0 aliphatic heterocycles. The van der Waals surface area contributed by atoms with E-state index in [1.165, 1.54) is 51.2 Å². The third kappa shape index (κ3) is 2.57. The summed E-state index contributed by atoms with van der Waals surface area (Å²) in [5.74, 6) is 4.89. The minimum absolute atomic E-state index is 0.0585. The molecule has 2 nitrogen and oxygen atoms in total. The van der Waals surface area contributed by atoms with Gasteiger partial charge < -0.3 is 9.90 Å². The van der Waals surface area contributed by atoms with Crippen LogP contribution in [0.3, 0.4) is 0 Å². The summed E-state index contributed by atoms with van der Waals surface area (Å²) in [6.07, 6.45) is 12.4. The Morgan fingerprint density at radius 2 is 1.69 bits per heavy atom. The molecule has 10 atom stereocenters. The van der Waals surface area contributed by atoms with Crippen LogP contribution in [0.25, 0.3) is 0 Å². The second kappa shape index (κ2) is 6.61. The van der Waals surface area contributed by atoms with Gasteiger partial charge in [-0.2, -0.15) is 0 Å². The molecule has 0 aromatic rings. The second-order valence-electron chi connectivity index (χ2n) is 11.0. The first-order valence-electron chi connectivity index (χ1n) is 11.5. The van der Waals surface area contributed by atoms with Gasteiger partial charge in [0.25, 0.3) is 0 Å². The van der Waals surface area contributed by atoms with E-state index in [9.17, 15) is 9.90 Å². The van der Waals surface area contributed by atoms with Crippen LogP contribution in [0.4, 0.5) is 0 Å². The fourth-order valence-corrected chi connectivity index (χ4v) is 8.93. The maximum Gasteiger partial charge on any atom is 0.123 e. The number of aliphatic hydroxyl groups excluding tert-OH is 1. The summed E-state index contributed by atoms with van der Waals surface area (Å²) in [7, 11) is 0. The van der Waals surface area contributed by atoms with Crippen LogP contribution < -0.4 is 0 Å². The number of aliphatic hydroxyl groups is 1. The lowest BCUT2D eigenvalue weighted by atomic mass is 9.42. The maximum atomic E-state index is 11.5. The van der Waals surface area contributed by atoms with Gasteiger partial charge in [-0.3, -0.25) is 0 Å². The van der Waals surface area contributed by atoms with Gasteiger partial charge in [0.05, 0.1) is 6.10 Å². The number of carbonyl (C=O) groups is 1. The van der Waals surface area contributed by atoms with Crippen molar-refractivity contribution in [1.82, 2.24) is 0 Å². The van der Waals surface area contributed by atoms with Gasteiger partial charge in [0, 0.05) is 5.92 Å². The molecule has 0 spiro atoms. The molecular weight excluding hydrogens is 320 g/mol. The Balaban J connectivity index is 1.65. The third-order valence-corrected chi connectivity index (χ3v) is 10.3. The Morgan fingerprint density at radius 3 is 2.38 bits per heavy atom. The van der Waals surface area contributed by atoms with Crippen LogP contribution in [0.15, 0.2) is 0 Å².